The molecule has 2 aliphatic rings. The van der Waals surface area contributed by atoms with Crippen LogP contribution in [-0.4, -0.2) is 56.3 Å². The molecule has 0 bridgehead atoms. The summed E-state index contributed by atoms with van der Waals surface area (Å²) in [6, 6.07) is 3.28. The first-order chi connectivity index (χ1) is 12.0. The van der Waals surface area contributed by atoms with Gasteiger partial charge in [0.1, 0.15) is 0 Å². The molecule has 1 amide bonds. The Hall–Kier alpha value is -2.44. The summed E-state index contributed by atoms with van der Waals surface area (Å²) in [4.78, 5) is 26.5. The van der Waals surface area contributed by atoms with E-state index in [4.69, 9.17) is 14.2 Å². The van der Waals surface area contributed by atoms with Crippen LogP contribution in [0.3, 0.4) is 0 Å². The van der Waals surface area contributed by atoms with E-state index in [1.807, 2.05) is 0 Å². The van der Waals surface area contributed by atoms with Crippen molar-refractivity contribution in [3.05, 3.63) is 17.7 Å². The lowest BCUT2D eigenvalue weighted by atomic mass is 9.81. The van der Waals surface area contributed by atoms with Crippen LogP contribution in [0.4, 0.5) is 0 Å². The van der Waals surface area contributed by atoms with Crippen LogP contribution in [0.1, 0.15) is 29.6 Å². The van der Waals surface area contributed by atoms with Gasteiger partial charge in [-0.25, -0.2) is 0 Å². The number of fused-ring (bicyclic) bond motifs is 1. The van der Waals surface area contributed by atoms with E-state index in [1.165, 1.54) is 21.3 Å². The maximum atomic E-state index is 13.0. The van der Waals surface area contributed by atoms with Crippen LogP contribution in [-0.2, 0) is 4.79 Å². The summed E-state index contributed by atoms with van der Waals surface area (Å²) in [7, 11) is 4.46. The number of carboxylic acids is 1. The van der Waals surface area contributed by atoms with Crippen molar-refractivity contribution in [3.63, 3.8) is 0 Å². The number of hydrogen-bond acceptors (Lipinski definition) is 5. The lowest BCUT2D eigenvalue weighted by molar-refractivity contribution is -0.149. The number of nitrogens with zero attached hydrogens (tertiary/aromatic N) is 1. The lowest BCUT2D eigenvalue weighted by Crippen LogP contribution is -2.37. The molecule has 0 radical (unpaired) electrons. The van der Waals surface area contributed by atoms with E-state index in [0.29, 0.717) is 35.8 Å². The Balaban J connectivity index is 1.93. The molecule has 0 unspecified atom stereocenters. The Kier molecular flexibility index (Phi) is 4.49. The summed E-state index contributed by atoms with van der Waals surface area (Å²) in [5.74, 6) is 0.0881. The number of carbonyl (C=O) groups is 2. The number of ether oxygens (including phenoxy) is 3. The Labute approximate surface area is 146 Å². The first-order valence-corrected chi connectivity index (χ1v) is 8.30. The summed E-state index contributed by atoms with van der Waals surface area (Å²) in [5.41, 5.74) is -0.458. The van der Waals surface area contributed by atoms with Crippen molar-refractivity contribution in [1.29, 1.82) is 0 Å². The third-order valence-corrected chi connectivity index (χ3v) is 5.52. The van der Waals surface area contributed by atoms with Crippen LogP contribution < -0.4 is 14.2 Å². The summed E-state index contributed by atoms with van der Waals surface area (Å²) < 4.78 is 16.0. The van der Waals surface area contributed by atoms with Crippen molar-refractivity contribution in [1.82, 2.24) is 4.90 Å². The topological polar surface area (TPSA) is 85.3 Å². The Morgan fingerprint density at radius 3 is 2.44 bits per heavy atom. The summed E-state index contributed by atoms with van der Waals surface area (Å²) >= 11 is 0. The predicted molar refractivity (Wildman–Crippen MR) is 89.4 cm³/mol. The number of carboxylic acid groups (broad SMARTS) is 1. The van der Waals surface area contributed by atoms with E-state index in [0.717, 1.165) is 12.8 Å². The minimum atomic E-state index is -0.806. The van der Waals surface area contributed by atoms with Crippen LogP contribution in [0.5, 0.6) is 17.2 Å². The highest BCUT2D eigenvalue weighted by atomic mass is 16.5. The first-order valence-electron chi connectivity index (χ1n) is 8.30. The number of likely N-dealkylation sites (tertiary alicyclic amines) is 1. The maximum Gasteiger partial charge on any atom is 0.311 e. The van der Waals surface area contributed by atoms with Crippen LogP contribution >= 0.6 is 0 Å². The smallest absolute Gasteiger partial charge is 0.311 e. The average Bonchev–Trinajstić information content (AvgIpc) is 3.18. The second-order valence-electron chi connectivity index (χ2n) is 6.62. The van der Waals surface area contributed by atoms with Gasteiger partial charge < -0.3 is 24.2 Å². The molecule has 2 atom stereocenters. The summed E-state index contributed by atoms with van der Waals surface area (Å²) in [6.07, 6.45) is 2.37. The van der Waals surface area contributed by atoms with Crippen LogP contribution in [0, 0.1) is 11.3 Å². The molecule has 1 saturated heterocycles. The zero-order valence-corrected chi connectivity index (χ0v) is 14.7. The fourth-order valence-electron chi connectivity index (χ4n) is 4.23. The fraction of sp³-hybridized carbons (Fsp3) is 0.556. The van der Waals surface area contributed by atoms with Crippen LogP contribution in [0.15, 0.2) is 12.1 Å². The lowest BCUT2D eigenvalue weighted by Gasteiger charge is -2.24. The Morgan fingerprint density at radius 1 is 1.16 bits per heavy atom. The minimum Gasteiger partial charge on any atom is -0.493 e. The third kappa shape index (κ3) is 2.58. The van der Waals surface area contributed by atoms with Crippen molar-refractivity contribution in [2.45, 2.75) is 19.3 Å². The van der Waals surface area contributed by atoms with Gasteiger partial charge in [-0.3, -0.25) is 9.59 Å². The molecule has 25 heavy (non-hydrogen) atoms. The Morgan fingerprint density at radius 2 is 1.88 bits per heavy atom. The standard InChI is InChI=1S/C18H23NO6/c1-23-13-7-6-12(14(24-2)15(13)25-3)16(20)19-9-11-5-4-8-18(11,10-19)17(21)22/h6-7,11H,4-5,8-10H2,1-3H3,(H,21,22)/t11-,18+/m0/s1. The van der Waals surface area contributed by atoms with Crippen LogP contribution in [0.25, 0.3) is 0 Å². The quantitative estimate of drug-likeness (QED) is 0.876. The molecular formula is C18H23NO6. The van der Waals surface area contributed by atoms with Crippen molar-refractivity contribution in [2.75, 3.05) is 34.4 Å². The highest BCUT2D eigenvalue weighted by Gasteiger charge is 2.56. The summed E-state index contributed by atoms with van der Waals surface area (Å²) in [6.45, 7) is 0.700. The van der Waals surface area contributed by atoms with Gasteiger partial charge in [0.05, 0.1) is 32.3 Å². The van der Waals surface area contributed by atoms with Gasteiger partial charge >= 0.3 is 5.97 Å². The number of benzene rings is 1. The first kappa shape index (κ1) is 17.4. The molecule has 0 aromatic heterocycles. The Bertz CT molecular complexity index is 703. The molecule has 3 rings (SSSR count). The molecule has 1 aromatic rings. The molecule has 136 valence electrons. The van der Waals surface area contributed by atoms with Gasteiger partial charge in [-0.1, -0.05) is 6.42 Å². The molecule has 7 heteroatoms. The number of carbonyl (C=O) groups excluding carboxylic acids is 1. The summed E-state index contributed by atoms with van der Waals surface area (Å²) in [5, 5.41) is 9.70. The van der Waals surface area contributed by atoms with Gasteiger partial charge in [-0.05, 0) is 30.9 Å². The molecule has 1 N–H and O–H groups in total. The normalized spacial score (nSPS) is 24.8. The number of rotatable bonds is 5. The second-order valence-corrected chi connectivity index (χ2v) is 6.62. The fourth-order valence-corrected chi connectivity index (χ4v) is 4.23. The molecule has 2 fully saturated rings. The molecule has 1 aromatic carbocycles. The van der Waals surface area contributed by atoms with Gasteiger partial charge in [-0.15, -0.1) is 0 Å². The molecule has 1 heterocycles. The van der Waals surface area contributed by atoms with Crippen molar-refractivity contribution >= 4 is 11.9 Å². The van der Waals surface area contributed by atoms with Gasteiger partial charge in [-0.2, -0.15) is 0 Å². The average molecular weight is 349 g/mol. The second kappa shape index (κ2) is 6.46. The molecule has 0 spiro atoms. The van der Waals surface area contributed by atoms with Gasteiger partial charge in [0.25, 0.3) is 5.91 Å². The largest absolute Gasteiger partial charge is 0.493 e. The molecule has 1 aliphatic heterocycles. The van der Waals surface area contributed by atoms with E-state index >= 15 is 0 Å². The van der Waals surface area contributed by atoms with E-state index in [2.05, 4.69) is 0 Å². The van der Waals surface area contributed by atoms with E-state index in [1.54, 1.807) is 17.0 Å². The highest BCUT2D eigenvalue weighted by molar-refractivity contribution is 5.99. The molecular weight excluding hydrogens is 326 g/mol. The van der Waals surface area contributed by atoms with Gasteiger partial charge in [0, 0.05) is 13.1 Å². The predicted octanol–water partition coefficient (Wildman–Crippen LogP) is 2.04. The number of hydrogen-bond donors (Lipinski definition) is 1. The van der Waals surface area contributed by atoms with Crippen molar-refractivity contribution in [3.8, 4) is 17.2 Å². The van der Waals surface area contributed by atoms with Crippen molar-refractivity contribution in [2.24, 2.45) is 11.3 Å². The maximum absolute atomic E-state index is 13.0. The highest BCUT2D eigenvalue weighted by Crippen LogP contribution is 2.49. The number of methoxy groups -OCH3 is 3. The number of amides is 1. The van der Waals surface area contributed by atoms with E-state index < -0.39 is 11.4 Å². The molecule has 7 nitrogen and oxygen atoms in total. The van der Waals surface area contributed by atoms with Crippen LogP contribution in [0.2, 0.25) is 0 Å². The minimum absolute atomic E-state index is 0.0140. The van der Waals surface area contributed by atoms with E-state index in [-0.39, 0.29) is 18.4 Å². The van der Waals surface area contributed by atoms with Gasteiger partial charge in [0.2, 0.25) is 5.75 Å². The SMILES string of the molecule is COc1ccc(C(=O)N2C[C@@H]3CCC[C@@]3(C(=O)O)C2)c(OC)c1OC. The molecule has 1 aliphatic carbocycles. The zero-order chi connectivity index (χ0) is 18.2. The van der Waals surface area contributed by atoms with E-state index in [9.17, 15) is 14.7 Å². The van der Waals surface area contributed by atoms with Crippen molar-refractivity contribution < 1.29 is 28.9 Å². The third-order valence-electron chi connectivity index (χ3n) is 5.52. The van der Waals surface area contributed by atoms with Gasteiger partial charge in [0.15, 0.2) is 11.5 Å². The molecule has 1 saturated carbocycles. The number of aliphatic carboxylic acids is 1. The monoisotopic (exact) mass is 349 g/mol. The zero-order valence-electron chi connectivity index (χ0n) is 14.7.